The van der Waals surface area contributed by atoms with Crippen molar-refractivity contribution in [3.8, 4) is 0 Å². The van der Waals surface area contributed by atoms with Gasteiger partial charge in [0.15, 0.2) is 0 Å². The largest absolute Gasteiger partial charge is 0.465 e. The second-order valence-electron chi connectivity index (χ2n) is 3.72. The van der Waals surface area contributed by atoms with Gasteiger partial charge < -0.3 is 9.30 Å². The van der Waals surface area contributed by atoms with Gasteiger partial charge in [-0.15, -0.1) is 0 Å². The van der Waals surface area contributed by atoms with Crippen molar-refractivity contribution in [2.24, 2.45) is 0 Å². The van der Waals surface area contributed by atoms with Crippen LogP contribution in [0.4, 0.5) is 5.69 Å². The van der Waals surface area contributed by atoms with E-state index in [0.29, 0.717) is 12.1 Å². The van der Waals surface area contributed by atoms with E-state index in [1.54, 1.807) is 31.3 Å². The quantitative estimate of drug-likeness (QED) is 0.472. The Morgan fingerprint density at radius 1 is 1.44 bits per heavy atom. The molecule has 0 atom stereocenters. The number of esters is 1. The number of nitro groups is 1. The minimum Gasteiger partial charge on any atom is -0.465 e. The van der Waals surface area contributed by atoms with Gasteiger partial charge in [-0.25, -0.2) is 0 Å². The summed E-state index contributed by atoms with van der Waals surface area (Å²) in [6.45, 7) is 1.98. The number of carbonyl (C=O) groups excluding carboxylic acids is 1. The van der Waals surface area contributed by atoms with Crippen molar-refractivity contribution in [1.29, 1.82) is 0 Å². The first-order valence-electron chi connectivity index (χ1n) is 5.51. The normalized spacial score (nSPS) is 10.5. The number of ether oxygens (including phenoxy) is 1. The molecular weight excluding hydrogens is 236 g/mol. The number of nitrogens with zero attached hydrogens (tertiary/aromatic N) is 2. The first-order valence-corrected chi connectivity index (χ1v) is 5.51. The molecule has 0 bridgehead atoms. The Hall–Kier alpha value is -2.37. The highest BCUT2D eigenvalue weighted by molar-refractivity contribution is 5.89. The van der Waals surface area contributed by atoms with Crippen molar-refractivity contribution in [2.45, 2.75) is 13.5 Å². The molecule has 1 aromatic carbocycles. The Kier molecular flexibility index (Phi) is 3.27. The molecule has 2 aromatic rings. The Morgan fingerprint density at radius 2 is 2.22 bits per heavy atom. The molecule has 0 saturated carbocycles. The van der Waals surface area contributed by atoms with Gasteiger partial charge in [0, 0.05) is 17.6 Å². The minimum absolute atomic E-state index is 0.0122. The van der Waals surface area contributed by atoms with Gasteiger partial charge in [0.25, 0.3) is 5.69 Å². The van der Waals surface area contributed by atoms with Crippen LogP contribution in [0, 0.1) is 10.1 Å². The highest BCUT2D eigenvalue weighted by atomic mass is 16.6. The molecule has 2 rings (SSSR count). The van der Waals surface area contributed by atoms with Crippen molar-refractivity contribution >= 4 is 22.6 Å². The summed E-state index contributed by atoms with van der Waals surface area (Å²) in [7, 11) is 0. The summed E-state index contributed by atoms with van der Waals surface area (Å²) in [6, 6.07) is 6.55. The second kappa shape index (κ2) is 4.87. The molecule has 0 amide bonds. The summed E-state index contributed by atoms with van der Waals surface area (Å²) in [6.07, 6.45) is 1.65. The molecular formula is C12H12N2O4. The molecule has 0 unspecified atom stereocenters. The highest BCUT2D eigenvalue weighted by Crippen LogP contribution is 2.26. The van der Waals surface area contributed by atoms with Gasteiger partial charge in [-0.2, -0.15) is 0 Å². The van der Waals surface area contributed by atoms with Crippen LogP contribution in [0.3, 0.4) is 0 Å². The van der Waals surface area contributed by atoms with Crippen LogP contribution in [0.2, 0.25) is 0 Å². The summed E-state index contributed by atoms with van der Waals surface area (Å²) in [4.78, 5) is 21.9. The molecule has 1 aromatic heterocycles. The Balaban J connectivity index is 2.45. The second-order valence-corrected chi connectivity index (χ2v) is 3.72. The number of nitro benzene ring substituents is 1. The maximum absolute atomic E-state index is 11.4. The lowest BCUT2D eigenvalue weighted by Crippen LogP contribution is -2.13. The van der Waals surface area contributed by atoms with E-state index in [1.807, 2.05) is 0 Å². The molecule has 0 aliphatic rings. The van der Waals surface area contributed by atoms with E-state index in [9.17, 15) is 14.9 Å². The van der Waals surface area contributed by atoms with Gasteiger partial charge in [0.1, 0.15) is 12.1 Å². The monoisotopic (exact) mass is 248 g/mol. The molecule has 0 fully saturated rings. The zero-order chi connectivity index (χ0) is 13.1. The van der Waals surface area contributed by atoms with Crippen LogP contribution in [0.1, 0.15) is 6.92 Å². The van der Waals surface area contributed by atoms with Gasteiger partial charge in [-0.05, 0) is 13.0 Å². The van der Waals surface area contributed by atoms with Crippen LogP contribution in [0.25, 0.3) is 10.9 Å². The molecule has 6 nitrogen and oxygen atoms in total. The predicted octanol–water partition coefficient (Wildman–Crippen LogP) is 2.11. The first kappa shape index (κ1) is 12.1. The molecule has 0 aliphatic carbocycles. The van der Waals surface area contributed by atoms with Gasteiger partial charge in [0.2, 0.25) is 0 Å². The van der Waals surface area contributed by atoms with Crippen molar-refractivity contribution in [1.82, 2.24) is 4.57 Å². The van der Waals surface area contributed by atoms with Crippen molar-refractivity contribution in [3.05, 3.63) is 40.6 Å². The number of rotatable bonds is 4. The number of aromatic nitrogens is 1. The third-order valence-electron chi connectivity index (χ3n) is 2.57. The minimum atomic E-state index is -0.454. The molecule has 1 heterocycles. The average molecular weight is 248 g/mol. The van der Waals surface area contributed by atoms with Crippen LogP contribution in [0.15, 0.2) is 30.5 Å². The summed E-state index contributed by atoms with van der Waals surface area (Å²) < 4.78 is 6.37. The maximum Gasteiger partial charge on any atom is 0.325 e. The zero-order valence-electron chi connectivity index (χ0n) is 9.83. The molecule has 0 aliphatic heterocycles. The Morgan fingerprint density at radius 3 is 2.89 bits per heavy atom. The van der Waals surface area contributed by atoms with E-state index in [1.165, 1.54) is 10.6 Å². The van der Waals surface area contributed by atoms with E-state index >= 15 is 0 Å². The fraction of sp³-hybridized carbons (Fsp3) is 0.250. The van der Waals surface area contributed by atoms with Crippen LogP contribution in [-0.4, -0.2) is 22.1 Å². The lowest BCUT2D eigenvalue weighted by Gasteiger charge is -2.05. The molecule has 0 saturated heterocycles. The fourth-order valence-corrected chi connectivity index (χ4v) is 1.87. The lowest BCUT2D eigenvalue weighted by atomic mass is 10.2. The topological polar surface area (TPSA) is 74.4 Å². The average Bonchev–Trinajstić information content (AvgIpc) is 2.72. The number of benzene rings is 1. The van der Waals surface area contributed by atoms with Crippen LogP contribution in [0.5, 0.6) is 0 Å². The van der Waals surface area contributed by atoms with E-state index in [-0.39, 0.29) is 12.2 Å². The van der Waals surface area contributed by atoms with E-state index in [0.717, 1.165) is 5.39 Å². The summed E-state index contributed by atoms with van der Waals surface area (Å²) in [5, 5.41) is 11.7. The Labute approximate surface area is 103 Å². The zero-order valence-corrected chi connectivity index (χ0v) is 9.83. The van der Waals surface area contributed by atoms with E-state index in [2.05, 4.69) is 0 Å². The van der Waals surface area contributed by atoms with Gasteiger partial charge in [-0.1, -0.05) is 12.1 Å². The molecule has 0 spiro atoms. The van der Waals surface area contributed by atoms with Crippen LogP contribution >= 0.6 is 0 Å². The number of hydrogen-bond donors (Lipinski definition) is 0. The number of para-hydroxylation sites is 1. The van der Waals surface area contributed by atoms with Gasteiger partial charge in [-0.3, -0.25) is 14.9 Å². The van der Waals surface area contributed by atoms with Crippen molar-refractivity contribution in [2.75, 3.05) is 6.61 Å². The molecule has 94 valence electrons. The fourth-order valence-electron chi connectivity index (χ4n) is 1.87. The van der Waals surface area contributed by atoms with Gasteiger partial charge in [0.05, 0.1) is 11.5 Å². The number of hydrogen-bond acceptors (Lipinski definition) is 4. The highest BCUT2D eigenvalue weighted by Gasteiger charge is 2.16. The van der Waals surface area contributed by atoms with Gasteiger partial charge >= 0.3 is 5.97 Å². The summed E-state index contributed by atoms with van der Waals surface area (Å²) in [5.74, 6) is -0.409. The molecule has 0 N–H and O–H groups in total. The van der Waals surface area contributed by atoms with Crippen molar-refractivity contribution in [3.63, 3.8) is 0 Å². The lowest BCUT2D eigenvalue weighted by molar-refractivity contribution is -0.383. The summed E-state index contributed by atoms with van der Waals surface area (Å²) >= 11 is 0. The predicted molar refractivity (Wildman–Crippen MR) is 65.2 cm³/mol. The first-order chi connectivity index (χ1) is 8.63. The number of non-ortho nitro benzene ring substituents is 1. The maximum atomic E-state index is 11.4. The van der Waals surface area contributed by atoms with Crippen LogP contribution in [-0.2, 0) is 16.1 Å². The smallest absolute Gasteiger partial charge is 0.325 e. The van der Waals surface area contributed by atoms with E-state index < -0.39 is 10.9 Å². The van der Waals surface area contributed by atoms with Crippen molar-refractivity contribution < 1.29 is 14.5 Å². The SMILES string of the molecule is CCOC(=O)Cn1ccc2cccc([N+](=O)[O-])c21. The third kappa shape index (κ3) is 2.17. The van der Waals surface area contributed by atoms with Crippen LogP contribution < -0.4 is 0 Å². The number of carbonyl (C=O) groups is 1. The molecule has 18 heavy (non-hydrogen) atoms. The molecule has 6 heteroatoms. The number of fused-ring (bicyclic) bond motifs is 1. The summed E-state index contributed by atoms with van der Waals surface area (Å²) in [5.41, 5.74) is 0.428. The standard InChI is InChI=1S/C12H12N2O4/c1-2-18-11(15)8-13-7-6-9-4-3-5-10(12(9)13)14(16)17/h3-7H,2,8H2,1H3. The van der Waals surface area contributed by atoms with E-state index in [4.69, 9.17) is 4.74 Å². The molecule has 0 radical (unpaired) electrons. The Bertz CT molecular complexity index is 603. The third-order valence-corrected chi connectivity index (χ3v) is 2.57.